The van der Waals surface area contributed by atoms with Gasteiger partial charge in [-0.1, -0.05) is 6.08 Å². The van der Waals surface area contributed by atoms with Gasteiger partial charge in [0, 0.05) is 11.1 Å². The largest absolute Gasteiger partial charge is 0.497 e. The molecule has 0 saturated carbocycles. The van der Waals surface area contributed by atoms with Crippen LogP contribution in [0.4, 0.5) is 5.69 Å². The van der Waals surface area contributed by atoms with Gasteiger partial charge in [0.15, 0.2) is 9.84 Å². The lowest BCUT2D eigenvalue weighted by atomic mass is 10.2. The second kappa shape index (κ2) is 4.17. The minimum atomic E-state index is -3.00. The van der Waals surface area contributed by atoms with E-state index in [2.05, 4.69) is 5.32 Å². The number of sulfone groups is 1. The molecule has 0 saturated heterocycles. The van der Waals surface area contributed by atoms with Crippen LogP contribution in [-0.2, 0) is 9.84 Å². The standard InChI is InChI=1S/C11H13NO3S/c1-15-11-4-2-9(3-5-11)12-10-6-7-16(13,14)8-10/h2-7,10,12H,8H2,1H3/t10-/m0/s1. The molecule has 2 rings (SSSR count). The third-order valence-corrected chi connectivity index (χ3v) is 3.77. The Kier molecular flexibility index (Phi) is 2.87. The summed E-state index contributed by atoms with van der Waals surface area (Å²) in [5.41, 5.74) is 0.882. The van der Waals surface area contributed by atoms with Crippen molar-refractivity contribution in [1.29, 1.82) is 0 Å². The normalized spacial score (nSPS) is 21.9. The Hall–Kier alpha value is -1.49. The average Bonchev–Trinajstić information content (AvgIpc) is 2.59. The summed E-state index contributed by atoms with van der Waals surface area (Å²) in [7, 11) is -1.39. The molecular formula is C11H13NO3S. The van der Waals surface area contributed by atoms with Crippen LogP contribution in [0.2, 0.25) is 0 Å². The molecule has 4 nitrogen and oxygen atoms in total. The Morgan fingerprint density at radius 2 is 2.00 bits per heavy atom. The Morgan fingerprint density at radius 3 is 2.50 bits per heavy atom. The van der Waals surface area contributed by atoms with E-state index in [0.717, 1.165) is 11.4 Å². The first-order chi connectivity index (χ1) is 7.59. The zero-order valence-corrected chi connectivity index (χ0v) is 9.70. The summed E-state index contributed by atoms with van der Waals surface area (Å²) in [6.45, 7) is 0. The van der Waals surface area contributed by atoms with Crippen LogP contribution in [0.5, 0.6) is 5.75 Å². The summed E-state index contributed by atoms with van der Waals surface area (Å²) in [6, 6.07) is 7.23. The maximum absolute atomic E-state index is 11.2. The summed E-state index contributed by atoms with van der Waals surface area (Å²) in [5, 5.41) is 4.38. The average molecular weight is 239 g/mol. The van der Waals surface area contributed by atoms with Gasteiger partial charge in [-0.25, -0.2) is 8.42 Å². The maximum atomic E-state index is 11.2. The molecule has 0 spiro atoms. The minimum absolute atomic E-state index is 0.124. The number of rotatable bonds is 3. The molecule has 0 unspecified atom stereocenters. The molecular weight excluding hydrogens is 226 g/mol. The highest BCUT2D eigenvalue weighted by atomic mass is 32.2. The van der Waals surface area contributed by atoms with Crippen LogP contribution in [-0.4, -0.2) is 27.3 Å². The fraction of sp³-hybridized carbons (Fsp3) is 0.273. The number of hydrogen-bond donors (Lipinski definition) is 1. The first kappa shape index (κ1) is 11.0. The van der Waals surface area contributed by atoms with E-state index in [0.29, 0.717) is 0 Å². The molecule has 0 amide bonds. The number of nitrogens with one attached hydrogen (secondary N) is 1. The van der Waals surface area contributed by atoms with Crippen LogP contribution in [0, 0.1) is 0 Å². The van der Waals surface area contributed by atoms with Crippen LogP contribution in [0.25, 0.3) is 0 Å². The van der Waals surface area contributed by atoms with E-state index in [9.17, 15) is 8.42 Å². The van der Waals surface area contributed by atoms with E-state index < -0.39 is 9.84 Å². The highest BCUT2D eigenvalue weighted by Gasteiger charge is 2.21. The van der Waals surface area contributed by atoms with E-state index in [4.69, 9.17) is 4.74 Å². The van der Waals surface area contributed by atoms with Crippen molar-refractivity contribution in [2.45, 2.75) is 6.04 Å². The number of anilines is 1. The number of benzene rings is 1. The quantitative estimate of drug-likeness (QED) is 0.866. The third kappa shape index (κ3) is 2.55. The van der Waals surface area contributed by atoms with Crippen molar-refractivity contribution in [3.05, 3.63) is 35.7 Å². The number of ether oxygens (including phenoxy) is 1. The summed E-state index contributed by atoms with van der Waals surface area (Å²) < 4.78 is 27.4. The van der Waals surface area contributed by atoms with E-state index >= 15 is 0 Å². The lowest BCUT2D eigenvalue weighted by molar-refractivity contribution is 0.415. The molecule has 1 aromatic rings. The molecule has 1 aliphatic rings. The molecule has 0 aromatic heterocycles. The topological polar surface area (TPSA) is 55.4 Å². The van der Waals surface area contributed by atoms with Gasteiger partial charge in [-0.05, 0) is 24.3 Å². The van der Waals surface area contributed by atoms with Gasteiger partial charge in [-0.2, -0.15) is 0 Å². The van der Waals surface area contributed by atoms with Crippen molar-refractivity contribution in [3.63, 3.8) is 0 Å². The Labute approximate surface area is 94.8 Å². The van der Waals surface area contributed by atoms with E-state index in [-0.39, 0.29) is 11.8 Å². The van der Waals surface area contributed by atoms with E-state index in [1.807, 2.05) is 24.3 Å². The fourth-order valence-electron chi connectivity index (χ4n) is 1.57. The summed E-state index contributed by atoms with van der Waals surface area (Å²) in [4.78, 5) is 0. The highest BCUT2D eigenvalue weighted by Crippen LogP contribution is 2.18. The molecule has 86 valence electrons. The van der Waals surface area contributed by atoms with Gasteiger partial charge in [0.1, 0.15) is 5.75 Å². The van der Waals surface area contributed by atoms with Crippen molar-refractivity contribution in [2.24, 2.45) is 0 Å². The molecule has 16 heavy (non-hydrogen) atoms. The molecule has 0 bridgehead atoms. The smallest absolute Gasteiger partial charge is 0.173 e. The van der Waals surface area contributed by atoms with Gasteiger partial charge in [0.25, 0.3) is 0 Å². The van der Waals surface area contributed by atoms with Gasteiger partial charge < -0.3 is 10.1 Å². The fourth-order valence-corrected chi connectivity index (χ4v) is 2.80. The first-order valence-electron chi connectivity index (χ1n) is 4.91. The van der Waals surface area contributed by atoms with Gasteiger partial charge in [-0.15, -0.1) is 0 Å². The van der Waals surface area contributed by atoms with E-state index in [1.54, 1.807) is 13.2 Å². The zero-order valence-electron chi connectivity index (χ0n) is 8.88. The lowest BCUT2D eigenvalue weighted by Gasteiger charge is -2.11. The van der Waals surface area contributed by atoms with Crippen LogP contribution in [0.3, 0.4) is 0 Å². The molecule has 1 aromatic carbocycles. The molecule has 1 aliphatic heterocycles. The summed E-state index contributed by atoms with van der Waals surface area (Å²) >= 11 is 0. The van der Waals surface area contributed by atoms with Crippen molar-refractivity contribution < 1.29 is 13.2 Å². The number of methoxy groups -OCH3 is 1. The lowest BCUT2D eigenvalue weighted by Crippen LogP contribution is -2.20. The summed E-state index contributed by atoms with van der Waals surface area (Å²) in [5.74, 6) is 0.902. The second-order valence-corrected chi connectivity index (χ2v) is 5.57. The first-order valence-corrected chi connectivity index (χ1v) is 6.62. The van der Waals surface area contributed by atoms with Crippen molar-refractivity contribution >= 4 is 15.5 Å². The van der Waals surface area contributed by atoms with Gasteiger partial charge in [0.05, 0.1) is 18.9 Å². The second-order valence-electron chi connectivity index (χ2n) is 3.64. The Morgan fingerprint density at radius 1 is 1.31 bits per heavy atom. The maximum Gasteiger partial charge on any atom is 0.173 e. The predicted molar refractivity (Wildman–Crippen MR) is 63.3 cm³/mol. The van der Waals surface area contributed by atoms with Crippen LogP contribution in [0.1, 0.15) is 0 Å². The highest BCUT2D eigenvalue weighted by molar-refractivity contribution is 7.94. The van der Waals surface area contributed by atoms with Gasteiger partial charge >= 0.3 is 0 Å². The van der Waals surface area contributed by atoms with Gasteiger partial charge in [0.2, 0.25) is 0 Å². The molecule has 0 fully saturated rings. The monoisotopic (exact) mass is 239 g/mol. The predicted octanol–water partition coefficient (Wildman–Crippen LogP) is 1.42. The molecule has 0 radical (unpaired) electrons. The van der Waals surface area contributed by atoms with Crippen LogP contribution >= 0.6 is 0 Å². The summed E-state index contributed by atoms with van der Waals surface area (Å²) in [6.07, 6.45) is 1.67. The minimum Gasteiger partial charge on any atom is -0.497 e. The molecule has 1 heterocycles. The molecule has 0 aliphatic carbocycles. The van der Waals surface area contributed by atoms with Crippen molar-refractivity contribution in [3.8, 4) is 5.75 Å². The van der Waals surface area contributed by atoms with Gasteiger partial charge in [-0.3, -0.25) is 0 Å². The Bertz CT molecular complexity index is 490. The number of hydrogen-bond acceptors (Lipinski definition) is 4. The van der Waals surface area contributed by atoms with Crippen LogP contribution in [0.15, 0.2) is 35.7 Å². The van der Waals surface area contributed by atoms with Crippen LogP contribution < -0.4 is 10.1 Å². The molecule has 5 heteroatoms. The third-order valence-electron chi connectivity index (χ3n) is 2.37. The molecule has 1 N–H and O–H groups in total. The SMILES string of the molecule is COc1ccc(N[C@H]2C=CS(=O)(=O)C2)cc1. The van der Waals surface area contributed by atoms with E-state index in [1.165, 1.54) is 5.41 Å². The van der Waals surface area contributed by atoms with Crippen molar-refractivity contribution in [1.82, 2.24) is 0 Å². The van der Waals surface area contributed by atoms with Crippen molar-refractivity contribution in [2.75, 3.05) is 18.2 Å². The zero-order chi connectivity index (χ0) is 11.6. The molecule has 1 atom stereocenters. The Balaban J connectivity index is 2.03.